The van der Waals surface area contributed by atoms with Crippen LogP contribution in [0.3, 0.4) is 0 Å². The Labute approximate surface area is 141 Å². The van der Waals surface area contributed by atoms with Gasteiger partial charge in [0, 0.05) is 6.20 Å². The van der Waals surface area contributed by atoms with Crippen LogP contribution in [0.4, 0.5) is 5.69 Å². The Kier molecular flexibility index (Phi) is 3.51. The fourth-order valence-corrected chi connectivity index (χ4v) is 3.39. The quantitative estimate of drug-likeness (QED) is 0.567. The molecular weight excluding hydrogens is 322 g/mol. The van der Waals surface area contributed by atoms with Gasteiger partial charge in [-0.2, -0.15) is 0 Å². The van der Waals surface area contributed by atoms with Crippen LogP contribution < -0.4 is 5.36 Å². The third kappa shape index (κ3) is 2.75. The summed E-state index contributed by atoms with van der Waals surface area (Å²) in [5.74, 6) is -1.02. The molecule has 0 atom stereocenters. The first-order valence-corrected chi connectivity index (χ1v) is 8.03. The SMILES string of the molecule is O=C(O)c1cncc(N=c2ccc3nc4ccccc4sc-3c2)c1. The number of aromatic carboxylic acids is 1. The average Bonchev–Trinajstić information content (AvgIpc) is 2.60. The Morgan fingerprint density at radius 3 is 2.83 bits per heavy atom. The molecule has 1 aromatic heterocycles. The second kappa shape index (κ2) is 5.82. The van der Waals surface area contributed by atoms with E-state index >= 15 is 0 Å². The zero-order valence-corrected chi connectivity index (χ0v) is 13.2. The van der Waals surface area contributed by atoms with Gasteiger partial charge in [-0.05, 0) is 36.4 Å². The zero-order chi connectivity index (χ0) is 16.5. The molecule has 0 saturated carbocycles. The number of rotatable bonds is 2. The number of carboxylic acid groups (broad SMARTS) is 1. The molecule has 0 bridgehead atoms. The van der Waals surface area contributed by atoms with Crippen molar-refractivity contribution < 1.29 is 9.90 Å². The number of nitrogens with zero attached hydrogens (tertiary/aromatic N) is 3. The van der Waals surface area contributed by atoms with Gasteiger partial charge in [-0.3, -0.25) is 4.98 Å². The summed E-state index contributed by atoms with van der Waals surface area (Å²) >= 11 is 1.65. The molecule has 1 aromatic carbocycles. The number of hydrogen-bond acceptors (Lipinski definition) is 5. The Morgan fingerprint density at radius 1 is 1.08 bits per heavy atom. The maximum Gasteiger partial charge on any atom is 0.337 e. The predicted molar refractivity (Wildman–Crippen MR) is 92.7 cm³/mol. The highest BCUT2D eigenvalue weighted by Gasteiger charge is 2.07. The summed E-state index contributed by atoms with van der Waals surface area (Å²) in [6, 6.07) is 15.2. The van der Waals surface area contributed by atoms with Gasteiger partial charge in [-0.15, -0.1) is 11.3 Å². The zero-order valence-electron chi connectivity index (χ0n) is 12.4. The van der Waals surface area contributed by atoms with Gasteiger partial charge in [0.2, 0.25) is 0 Å². The lowest BCUT2D eigenvalue weighted by atomic mass is 10.2. The molecule has 0 radical (unpaired) electrons. The summed E-state index contributed by atoms with van der Waals surface area (Å²) in [4.78, 5) is 25.1. The normalized spacial score (nSPS) is 11.9. The van der Waals surface area contributed by atoms with Crippen molar-refractivity contribution in [3.05, 3.63) is 71.8 Å². The lowest BCUT2D eigenvalue weighted by Gasteiger charge is -2.05. The molecule has 5 nitrogen and oxygen atoms in total. The molecule has 0 saturated heterocycles. The molecule has 1 aliphatic heterocycles. The number of aromatic nitrogens is 2. The number of para-hydroxylation sites is 1. The van der Waals surface area contributed by atoms with E-state index in [-0.39, 0.29) is 5.56 Å². The number of fused-ring (bicyclic) bond motifs is 2. The molecule has 1 aliphatic carbocycles. The maximum absolute atomic E-state index is 11.0. The summed E-state index contributed by atoms with van der Waals surface area (Å²) in [5.41, 5.74) is 2.51. The van der Waals surface area contributed by atoms with Crippen LogP contribution in [0.2, 0.25) is 0 Å². The average molecular weight is 333 g/mol. The second-order valence-electron chi connectivity index (χ2n) is 5.18. The van der Waals surface area contributed by atoms with E-state index in [0.717, 1.165) is 26.1 Å². The van der Waals surface area contributed by atoms with Crippen LogP contribution in [0.1, 0.15) is 10.4 Å². The minimum absolute atomic E-state index is 0.118. The van der Waals surface area contributed by atoms with Crippen molar-refractivity contribution in [1.82, 2.24) is 9.97 Å². The van der Waals surface area contributed by atoms with Crippen LogP contribution in [0.5, 0.6) is 0 Å². The topological polar surface area (TPSA) is 75.4 Å². The lowest BCUT2D eigenvalue weighted by molar-refractivity contribution is 0.0696. The van der Waals surface area contributed by atoms with E-state index in [0.29, 0.717) is 5.69 Å². The van der Waals surface area contributed by atoms with Gasteiger partial charge in [-0.25, -0.2) is 14.8 Å². The summed E-state index contributed by atoms with van der Waals surface area (Å²) in [5, 5.41) is 9.77. The van der Waals surface area contributed by atoms with Crippen molar-refractivity contribution in [3.8, 4) is 10.6 Å². The third-order valence-electron chi connectivity index (χ3n) is 3.50. The van der Waals surface area contributed by atoms with Crippen LogP contribution >= 0.6 is 11.3 Å². The Hall–Kier alpha value is -3.12. The molecule has 2 aromatic rings. The minimum Gasteiger partial charge on any atom is -0.478 e. The van der Waals surface area contributed by atoms with E-state index < -0.39 is 5.97 Å². The molecule has 4 rings (SSSR count). The largest absolute Gasteiger partial charge is 0.478 e. The van der Waals surface area contributed by atoms with E-state index in [2.05, 4.69) is 15.0 Å². The molecule has 2 aliphatic rings. The molecule has 6 heteroatoms. The number of benzene rings is 2. The molecule has 0 fully saturated rings. The highest BCUT2D eigenvalue weighted by molar-refractivity contribution is 7.21. The predicted octanol–water partition coefficient (Wildman–Crippen LogP) is 3.73. The molecule has 0 unspecified atom stereocenters. The van der Waals surface area contributed by atoms with E-state index in [4.69, 9.17) is 5.11 Å². The maximum atomic E-state index is 11.0. The van der Waals surface area contributed by atoms with Crippen molar-refractivity contribution in [3.63, 3.8) is 0 Å². The summed E-state index contributed by atoms with van der Waals surface area (Å²) in [7, 11) is 0. The Morgan fingerprint density at radius 2 is 1.96 bits per heavy atom. The summed E-state index contributed by atoms with van der Waals surface area (Å²) < 4.78 is 1.11. The minimum atomic E-state index is -1.02. The van der Waals surface area contributed by atoms with Gasteiger partial charge in [0.15, 0.2) is 0 Å². The van der Waals surface area contributed by atoms with Gasteiger partial charge in [0.1, 0.15) is 0 Å². The molecule has 116 valence electrons. The number of carbonyl (C=O) groups is 1. The van der Waals surface area contributed by atoms with Crippen LogP contribution in [0.25, 0.3) is 20.8 Å². The second-order valence-corrected chi connectivity index (χ2v) is 6.27. The van der Waals surface area contributed by atoms with Gasteiger partial charge < -0.3 is 5.11 Å². The Balaban J connectivity index is 1.85. The lowest BCUT2D eigenvalue weighted by Crippen LogP contribution is -2.02. The van der Waals surface area contributed by atoms with Crippen LogP contribution in [-0.2, 0) is 0 Å². The van der Waals surface area contributed by atoms with Gasteiger partial charge in [0.25, 0.3) is 0 Å². The van der Waals surface area contributed by atoms with Gasteiger partial charge in [-0.1, -0.05) is 12.1 Å². The fourth-order valence-electron chi connectivity index (χ4n) is 2.39. The summed E-state index contributed by atoms with van der Waals surface area (Å²) in [6.07, 6.45) is 2.85. The molecular formula is C18H11N3O2S. The van der Waals surface area contributed by atoms with Crippen LogP contribution in [0.15, 0.2) is 65.9 Å². The smallest absolute Gasteiger partial charge is 0.337 e. The van der Waals surface area contributed by atoms with Crippen molar-refractivity contribution in [2.24, 2.45) is 4.99 Å². The van der Waals surface area contributed by atoms with Crippen LogP contribution in [0, 0.1) is 0 Å². The van der Waals surface area contributed by atoms with Crippen molar-refractivity contribution in [2.45, 2.75) is 0 Å². The van der Waals surface area contributed by atoms with E-state index in [1.165, 1.54) is 12.3 Å². The summed E-state index contributed by atoms with van der Waals surface area (Å²) in [6.45, 7) is 0. The van der Waals surface area contributed by atoms with Crippen molar-refractivity contribution in [1.29, 1.82) is 0 Å². The highest BCUT2D eigenvalue weighted by Crippen LogP contribution is 2.29. The Bertz CT molecular complexity index is 1100. The third-order valence-corrected chi connectivity index (χ3v) is 4.61. The standard InChI is InChI=1S/C18H11N3O2S/c22-18(23)11-7-13(10-19-9-11)20-12-5-6-15-17(8-12)24-16-4-2-1-3-14(16)21-15/h1-10H,(H,22,23). The van der Waals surface area contributed by atoms with Crippen molar-refractivity contribution >= 4 is 33.2 Å². The van der Waals surface area contributed by atoms with Gasteiger partial charge in [0.05, 0.1) is 43.6 Å². The first-order chi connectivity index (χ1) is 11.7. The monoisotopic (exact) mass is 333 g/mol. The molecule has 24 heavy (non-hydrogen) atoms. The highest BCUT2D eigenvalue weighted by atomic mass is 32.1. The fraction of sp³-hybridized carbons (Fsp3) is 0. The number of hydrogen-bond donors (Lipinski definition) is 1. The molecule has 0 spiro atoms. The first-order valence-electron chi connectivity index (χ1n) is 7.22. The van der Waals surface area contributed by atoms with E-state index in [9.17, 15) is 4.79 Å². The molecule has 0 amide bonds. The van der Waals surface area contributed by atoms with Crippen LogP contribution in [-0.4, -0.2) is 21.0 Å². The van der Waals surface area contributed by atoms with E-state index in [1.807, 2.05) is 42.5 Å². The first kappa shape index (κ1) is 14.5. The molecule has 1 N–H and O–H groups in total. The number of pyridine rings is 1. The number of carboxylic acids is 1. The van der Waals surface area contributed by atoms with E-state index in [1.54, 1.807) is 17.5 Å². The molecule has 2 heterocycles. The van der Waals surface area contributed by atoms with Crippen molar-refractivity contribution in [2.75, 3.05) is 0 Å². The van der Waals surface area contributed by atoms with Gasteiger partial charge >= 0.3 is 5.97 Å².